The molecular formula is C21H34N4O2. The molecule has 1 amide bonds. The fourth-order valence-corrected chi connectivity index (χ4v) is 5.08. The van der Waals surface area contributed by atoms with E-state index >= 15 is 0 Å². The molecule has 0 unspecified atom stereocenters. The first-order chi connectivity index (χ1) is 12.9. The van der Waals surface area contributed by atoms with E-state index in [0.29, 0.717) is 11.8 Å². The molecule has 0 saturated carbocycles. The number of ether oxygens (including phenoxy) is 1. The molecule has 2 atom stereocenters. The number of carbonyl (C=O) groups is 1. The van der Waals surface area contributed by atoms with Crippen molar-refractivity contribution in [3.63, 3.8) is 0 Å². The summed E-state index contributed by atoms with van der Waals surface area (Å²) < 4.78 is 7.37. The van der Waals surface area contributed by atoms with E-state index in [0.717, 1.165) is 65.2 Å². The molecule has 3 fully saturated rings. The second-order valence-electron chi connectivity index (χ2n) is 9.61. The minimum Gasteiger partial charge on any atom is -0.381 e. The van der Waals surface area contributed by atoms with E-state index in [-0.39, 0.29) is 17.3 Å². The number of hydrogen-bond acceptors (Lipinski definition) is 4. The van der Waals surface area contributed by atoms with Gasteiger partial charge < -0.3 is 14.5 Å². The van der Waals surface area contributed by atoms with Gasteiger partial charge in [0, 0.05) is 65.1 Å². The molecule has 0 aliphatic carbocycles. The summed E-state index contributed by atoms with van der Waals surface area (Å²) in [6.07, 6.45) is 7.45. The molecule has 0 aromatic carbocycles. The Morgan fingerprint density at radius 1 is 1.30 bits per heavy atom. The molecule has 4 rings (SSSR count). The van der Waals surface area contributed by atoms with Crippen LogP contribution in [0.2, 0.25) is 0 Å². The zero-order valence-electron chi connectivity index (χ0n) is 17.1. The Morgan fingerprint density at radius 3 is 2.70 bits per heavy atom. The van der Waals surface area contributed by atoms with Crippen molar-refractivity contribution in [1.29, 1.82) is 0 Å². The fourth-order valence-electron chi connectivity index (χ4n) is 5.08. The number of aryl methyl sites for hydroxylation is 1. The van der Waals surface area contributed by atoms with Crippen LogP contribution in [0, 0.1) is 17.3 Å². The fraction of sp³-hybridized carbons (Fsp3) is 0.810. The molecule has 0 N–H and O–H groups in total. The summed E-state index contributed by atoms with van der Waals surface area (Å²) in [5.41, 5.74) is 1.46. The van der Waals surface area contributed by atoms with E-state index in [4.69, 9.17) is 4.74 Å². The van der Waals surface area contributed by atoms with Gasteiger partial charge in [-0.1, -0.05) is 13.8 Å². The summed E-state index contributed by atoms with van der Waals surface area (Å²) in [6.45, 7) is 11.0. The highest BCUT2D eigenvalue weighted by molar-refractivity contribution is 5.81. The Kier molecular flexibility index (Phi) is 5.30. The zero-order chi connectivity index (χ0) is 19.0. The maximum atomic E-state index is 13.4. The highest BCUT2D eigenvalue weighted by Gasteiger charge is 2.43. The van der Waals surface area contributed by atoms with Crippen LogP contribution in [0.3, 0.4) is 0 Å². The number of hydrogen-bond donors (Lipinski definition) is 0. The van der Waals surface area contributed by atoms with Gasteiger partial charge in [-0.25, -0.2) is 0 Å². The molecule has 1 aromatic rings. The van der Waals surface area contributed by atoms with Crippen molar-refractivity contribution in [3.05, 3.63) is 18.0 Å². The number of likely N-dealkylation sites (tertiary alicyclic amines) is 2. The van der Waals surface area contributed by atoms with Crippen LogP contribution < -0.4 is 0 Å². The minimum absolute atomic E-state index is 0.0583. The lowest BCUT2D eigenvalue weighted by atomic mass is 9.89. The summed E-state index contributed by atoms with van der Waals surface area (Å²) >= 11 is 0. The average Bonchev–Trinajstić information content (AvgIpc) is 3.33. The molecule has 0 spiro atoms. The molecule has 0 radical (unpaired) electrons. The lowest BCUT2D eigenvalue weighted by Gasteiger charge is -2.27. The van der Waals surface area contributed by atoms with Gasteiger partial charge in [-0.2, -0.15) is 5.10 Å². The second kappa shape index (κ2) is 7.55. The molecule has 6 heteroatoms. The van der Waals surface area contributed by atoms with E-state index in [1.807, 2.05) is 17.9 Å². The van der Waals surface area contributed by atoms with Gasteiger partial charge in [0.2, 0.25) is 5.91 Å². The van der Waals surface area contributed by atoms with E-state index in [9.17, 15) is 4.79 Å². The van der Waals surface area contributed by atoms with Crippen LogP contribution >= 0.6 is 0 Å². The van der Waals surface area contributed by atoms with Gasteiger partial charge in [0.25, 0.3) is 0 Å². The van der Waals surface area contributed by atoms with Crippen LogP contribution in [0.5, 0.6) is 0 Å². The van der Waals surface area contributed by atoms with Crippen molar-refractivity contribution < 1.29 is 9.53 Å². The van der Waals surface area contributed by atoms with Crippen molar-refractivity contribution in [2.24, 2.45) is 24.3 Å². The topological polar surface area (TPSA) is 50.6 Å². The van der Waals surface area contributed by atoms with Gasteiger partial charge in [-0.3, -0.25) is 9.48 Å². The lowest BCUT2D eigenvalue weighted by molar-refractivity contribution is -0.134. The van der Waals surface area contributed by atoms with Gasteiger partial charge >= 0.3 is 0 Å². The summed E-state index contributed by atoms with van der Waals surface area (Å²) in [5.74, 6) is 1.37. The Balaban J connectivity index is 1.48. The smallest absolute Gasteiger partial charge is 0.227 e. The van der Waals surface area contributed by atoms with Gasteiger partial charge in [0.05, 0.1) is 12.1 Å². The molecule has 0 bridgehead atoms. The molecule has 6 nitrogen and oxygen atoms in total. The van der Waals surface area contributed by atoms with E-state index in [1.54, 1.807) is 0 Å². The highest BCUT2D eigenvalue weighted by Crippen LogP contribution is 2.37. The SMILES string of the molecule is Cn1cc([C@@H]2CN(CC3CCOCC3)C[C@H]2C(=O)N2CCC(C)(C)C2)cn1. The summed E-state index contributed by atoms with van der Waals surface area (Å²) in [6, 6.07) is 0. The van der Waals surface area contributed by atoms with Gasteiger partial charge in [-0.15, -0.1) is 0 Å². The molecule has 150 valence electrons. The maximum absolute atomic E-state index is 13.4. The predicted octanol–water partition coefficient (Wildman–Crippen LogP) is 2.12. The van der Waals surface area contributed by atoms with Crippen molar-refractivity contribution in [1.82, 2.24) is 19.6 Å². The van der Waals surface area contributed by atoms with Gasteiger partial charge in [-0.05, 0) is 36.2 Å². The van der Waals surface area contributed by atoms with Gasteiger partial charge in [0.1, 0.15) is 0 Å². The predicted molar refractivity (Wildman–Crippen MR) is 104 cm³/mol. The first-order valence-corrected chi connectivity index (χ1v) is 10.5. The first-order valence-electron chi connectivity index (χ1n) is 10.5. The summed E-state index contributed by atoms with van der Waals surface area (Å²) in [4.78, 5) is 18.1. The molecular weight excluding hydrogens is 340 g/mol. The average molecular weight is 375 g/mol. The monoisotopic (exact) mass is 374 g/mol. The Bertz CT molecular complexity index is 665. The molecule has 3 saturated heterocycles. The quantitative estimate of drug-likeness (QED) is 0.810. The van der Waals surface area contributed by atoms with Crippen LogP contribution in [0.15, 0.2) is 12.4 Å². The number of rotatable bonds is 4. The second-order valence-corrected chi connectivity index (χ2v) is 9.61. The van der Waals surface area contributed by atoms with Crippen molar-refractivity contribution in [3.8, 4) is 0 Å². The third-order valence-corrected chi connectivity index (χ3v) is 6.71. The Morgan fingerprint density at radius 2 is 2.07 bits per heavy atom. The maximum Gasteiger partial charge on any atom is 0.227 e. The van der Waals surface area contributed by atoms with Crippen LogP contribution in [0.4, 0.5) is 0 Å². The third kappa shape index (κ3) is 4.21. The Hall–Kier alpha value is -1.40. The highest BCUT2D eigenvalue weighted by atomic mass is 16.5. The summed E-state index contributed by atoms with van der Waals surface area (Å²) in [5, 5.41) is 4.37. The minimum atomic E-state index is 0.0583. The van der Waals surface area contributed by atoms with Crippen molar-refractivity contribution in [2.75, 3.05) is 45.9 Å². The molecule has 27 heavy (non-hydrogen) atoms. The first kappa shape index (κ1) is 18.9. The Labute approximate surface area is 162 Å². The zero-order valence-corrected chi connectivity index (χ0v) is 17.1. The molecule has 1 aromatic heterocycles. The van der Waals surface area contributed by atoms with Crippen LogP contribution in [0.25, 0.3) is 0 Å². The molecule has 3 aliphatic rings. The largest absolute Gasteiger partial charge is 0.381 e. The van der Waals surface area contributed by atoms with E-state index in [1.165, 1.54) is 5.56 Å². The van der Waals surface area contributed by atoms with Crippen molar-refractivity contribution in [2.45, 2.75) is 39.0 Å². The standard InChI is InChI=1S/C21H34N4O2/c1-21(2)6-7-25(15-21)20(26)19-14-24(11-16-4-8-27-9-5-16)13-18(19)17-10-22-23(3)12-17/h10,12,16,18-19H,4-9,11,13-15H2,1-3H3/t18-,19+/m0/s1. The summed E-state index contributed by atoms with van der Waals surface area (Å²) in [7, 11) is 1.96. The number of aromatic nitrogens is 2. The van der Waals surface area contributed by atoms with Crippen molar-refractivity contribution >= 4 is 5.91 Å². The molecule has 3 aliphatic heterocycles. The number of carbonyl (C=O) groups excluding carboxylic acids is 1. The van der Waals surface area contributed by atoms with Crippen LogP contribution in [-0.2, 0) is 16.6 Å². The number of nitrogens with zero attached hydrogens (tertiary/aromatic N) is 4. The van der Waals surface area contributed by atoms with Gasteiger partial charge in [0.15, 0.2) is 0 Å². The molecule has 4 heterocycles. The lowest BCUT2D eigenvalue weighted by Crippen LogP contribution is -2.38. The normalized spacial score (nSPS) is 29.5. The third-order valence-electron chi connectivity index (χ3n) is 6.71. The van der Waals surface area contributed by atoms with E-state index < -0.39 is 0 Å². The van der Waals surface area contributed by atoms with Crippen LogP contribution in [-0.4, -0.2) is 71.4 Å². The van der Waals surface area contributed by atoms with E-state index in [2.05, 4.69) is 34.9 Å². The van der Waals surface area contributed by atoms with Crippen LogP contribution in [0.1, 0.15) is 44.6 Å². The number of amides is 1.